The average Bonchev–Trinajstić information content (AvgIpc) is 2.27. The topological polar surface area (TPSA) is 21.3 Å². The Hall–Kier alpha value is -1.02. The van der Waals surface area contributed by atoms with E-state index in [0.29, 0.717) is 12.0 Å². The summed E-state index contributed by atoms with van der Waals surface area (Å²) in [5.41, 5.74) is 4.14. The van der Waals surface area contributed by atoms with Crippen LogP contribution in [0.25, 0.3) is 0 Å². The first kappa shape index (κ1) is 13.4. The van der Waals surface area contributed by atoms with Crippen LogP contribution in [0.1, 0.15) is 50.4 Å². The maximum Gasteiger partial charge on any atom is 0.127 e. The molecule has 0 saturated heterocycles. The Kier molecular flexibility index (Phi) is 3.41. The first-order valence-electron chi connectivity index (χ1n) is 6.79. The van der Waals surface area contributed by atoms with Crippen molar-refractivity contribution in [3.8, 4) is 5.75 Å². The number of aryl methyl sites for hydroxylation is 1. The number of benzene rings is 1. The normalized spacial score (nSPS) is 23.4. The minimum atomic E-state index is 0.179. The van der Waals surface area contributed by atoms with Crippen LogP contribution >= 0.6 is 0 Å². The molecule has 0 spiro atoms. The van der Waals surface area contributed by atoms with E-state index in [2.05, 4.69) is 52.1 Å². The van der Waals surface area contributed by atoms with E-state index in [1.807, 2.05) is 7.05 Å². The molecule has 1 aromatic rings. The van der Waals surface area contributed by atoms with Crippen molar-refractivity contribution in [1.29, 1.82) is 0 Å². The molecular weight excluding hydrogens is 222 g/mol. The van der Waals surface area contributed by atoms with Gasteiger partial charge in [0, 0.05) is 17.5 Å². The Bertz CT molecular complexity index is 445. The lowest BCUT2D eigenvalue weighted by atomic mass is 9.81. The van der Waals surface area contributed by atoms with Crippen molar-refractivity contribution in [3.63, 3.8) is 0 Å². The summed E-state index contributed by atoms with van der Waals surface area (Å²) < 4.78 is 5.93. The molecule has 2 heteroatoms. The molecule has 0 saturated carbocycles. The van der Waals surface area contributed by atoms with Crippen LogP contribution in [0.4, 0.5) is 0 Å². The quantitative estimate of drug-likeness (QED) is 0.819. The van der Waals surface area contributed by atoms with E-state index in [0.717, 1.165) is 12.4 Å². The SMILES string of the molecule is CNC1c2cc(C(C)(C)C)cc(C)c2OCC1C. The van der Waals surface area contributed by atoms with Gasteiger partial charge in [-0.25, -0.2) is 0 Å². The highest BCUT2D eigenvalue weighted by Gasteiger charge is 2.29. The lowest BCUT2D eigenvalue weighted by molar-refractivity contribution is 0.192. The highest BCUT2D eigenvalue weighted by atomic mass is 16.5. The number of hydrogen-bond acceptors (Lipinski definition) is 2. The van der Waals surface area contributed by atoms with E-state index in [1.165, 1.54) is 16.7 Å². The summed E-state index contributed by atoms with van der Waals surface area (Å²) in [4.78, 5) is 0. The lowest BCUT2D eigenvalue weighted by Crippen LogP contribution is -2.32. The molecule has 18 heavy (non-hydrogen) atoms. The Morgan fingerprint density at radius 1 is 1.28 bits per heavy atom. The molecule has 1 aliphatic heterocycles. The summed E-state index contributed by atoms with van der Waals surface area (Å²) in [5.74, 6) is 1.59. The molecule has 1 aromatic carbocycles. The molecule has 2 atom stereocenters. The summed E-state index contributed by atoms with van der Waals surface area (Å²) >= 11 is 0. The van der Waals surface area contributed by atoms with Gasteiger partial charge in [0.15, 0.2) is 0 Å². The summed E-state index contributed by atoms with van der Waals surface area (Å²) in [6, 6.07) is 4.98. The third-order valence-corrected chi connectivity index (χ3v) is 3.88. The van der Waals surface area contributed by atoms with Crippen LogP contribution in [0.3, 0.4) is 0 Å². The fourth-order valence-electron chi connectivity index (χ4n) is 2.72. The van der Waals surface area contributed by atoms with E-state index in [1.54, 1.807) is 0 Å². The van der Waals surface area contributed by atoms with Crippen LogP contribution in [-0.2, 0) is 5.41 Å². The maximum atomic E-state index is 5.93. The van der Waals surface area contributed by atoms with Gasteiger partial charge in [-0.2, -0.15) is 0 Å². The van der Waals surface area contributed by atoms with Crippen LogP contribution in [0.2, 0.25) is 0 Å². The van der Waals surface area contributed by atoms with Crippen molar-refractivity contribution >= 4 is 0 Å². The Morgan fingerprint density at radius 3 is 2.50 bits per heavy atom. The van der Waals surface area contributed by atoms with Crippen LogP contribution in [0.5, 0.6) is 5.75 Å². The molecule has 1 aliphatic rings. The molecule has 0 aliphatic carbocycles. The zero-order valence-corrected chi connectivity index (χ0v) is 12.4. The van der Waals surface area contributed by atoms with E-state index >= 15 is 0 Å². The molecule has 2 rings (SSSR count). The van der Waals surface area contributed by atoms with E-state index in [9.17, 15) is 0 Å². The fourth-order valence-corrected chi connectivity index (χ4v) is 2.72. The summed E-state index contributed by atoms with van der Waals surface area (Å²) in [6.07, 6.45) is 0. The highest BCUT2D eigenvalue weighted by molar-refractivity contribution is 5.48. The van der Waals surface area contributed by atoms with Crippen LogP contribution in [0.15, 0.2) is 12.1 Å². The van der Waals surface area contributed by atoms with Gasteiger partial charge in [-0.05, 0) is 36.6 Å². The molecule has 1 N–H and O–H groups in total. The van der Waals surface area contributed by atoms with Crippen molar-refractivity contribution in [2.75, 3.05) is 13.7 Å². The summed E-state index contributed by atoms with van der Waals surface area (Å²) in [5, 5.41) is 3.44. The van der Waals surface area contributed by atoms with Crippen LogP contribution in [0, 0.1) is 12.8 Å². The first-order valence-corrected chi connectivity index (χ1v) is 6.79. The van der Waals surface area contributed by atoms with Crippen molar-refractivity contribution in [3.05, 3.63) is 28.8 Å². The van der Waals surface area contributed by atoms with E-state index in [4.69, 9.17) is 4.74 Å². The third-order valence-electron chi connectivity index (χ3n) is 3.88. The minimum absolute atomic E-state index is 0.179. The molecule has 0 bridgehead atoms. The van der Waals surface area contributed by atoms with Crippen molar-refractivity contribution in [2.45, 2.75) is 46.1 Å². The van der Waals surface area contributed by atoms with Gasteiger partial charge in [0.2, 0.25) is 0 Å². The third kappa shape index (κ3) is 2.26. The second kappa shape index (κ2) is 4.58. The second-order valence-electron chi connectivity index (χ2n) is 6.52. The molecule has 1 heterocycles. The predicted octanol–water partition coefficient (Wildman–Crippen LogP) is 3.58. The van der Waals surface area contributed by atoms with Crippen LogP contribution < -0.4 is 10.1 Å². The van der Waals surface area contributed by atoms with Gasteiger partial charge in [0.25, 0.3) is 0 Å². The predicted molar refractivity (Wildman–Crippen MR) is 76.3 cm³/mol. The fraction of sp³-hybridized carbons (Fsp3) is 0.625. The van der Waals surface area contributed by atoms with Gasteiger partial charge < -0.3 is 10.1 Å². The number of rotatable bonds is 1. The van der Waals surface area contributed by atoms with Gasteiger partial charge in [-0.1, -0.05) is 33.8 Å². The molecule has 2 unspecified atom stereocenters. The number of nitrogens with one attached hydrogen (secondary N) is 1. The smallest absolute Gasteiger partial charge is 0.127 e. The summed E-state index contributed by atoms with van der Waals surface area (Å²) in [6.45, 7) is 12.0. The zero-order valence-electron chi connectivity index (χ0n) is 12.4. The zero-order chi connectivity index (χ0) is 13.5. The number of hydrogen-bond donors (Lipinski definition) is 1. The standard InChI is InChI=1S/C16H25NO/c1-10-7-12(16(3,4)5)8-13-14(17-6)11(2)9-18-15(10)13/h7-8,11,14,17H,9H2,1-6H3. The van der Waals surface area contributed by atoms with E-state index in [-0.39, 0.29) is 5.41 Å². The Labute approximate surface area is 111 Å². The maximum absolute atomic E-state index is 5.93. The van der Waals surface area contributed by atoms with Crippen molar-refractivity contribution in [2.24, 2.45) is 5.92 Å². The molecule has 100 valence electrons. The molecule has 0 amide bonds. The number of ether oxygens (including phenoxy) is 1. The lowest BCUT2D eigenvalue weighted by Gasteiger charge is -2.34. The van der Waals surface area contributed by atoms with Gasteiger partial charge in [0.05, 0.1) is 6.61 Å². The monoisotopic (exact) mass is 247 g/mol. The van der Waals surface area contributed by atoms with Gasteiger partial charge in [0.1, 0.15) is 5.75 Å². The largest absolute Gasteiger partial charge is 0.493 e. The Morgan fingerprint density at radius 2 is 1.94 bits per heavy atom. The van der Waals surface area contributed by atoms with Gasteiger partial charge in [-0.15, -0.1) is 0 Å². The summed E-state index contributed by atoms with van der Waals surface area (Å²) in [7, 11) is 2.04. The molecule has 0 aromatic heterocycles. The molecule has 0 fully saturated rings. The van der Waals surface area contributed by atoms with E-state index < -0.39 is 0 Å². The van der Waals surface area contributed by atoms with Gasteiger partial charge in [-0.3, -0.25) is 0 Å². The molecule has 2 nitrogen and oxygen atoms in total. The van der Waals surface area contributed by atoms with Crippen LogP contribution in [-0.4, -0.2) is 13.7 Å². The highest BCUT2D eigenvalue weighted by Crippen LogP contribution is 2.40. The minimum Gasteiger partial charge on any atom is -0.493 e. The second-order valence-corrected chi connectivity index (χ2v) is 6.52. The Balaban J connectivity index is 2.56. The van der Waals surface area contributed by atoms with Gasteiger partial charge >= 0.3 is 0 Å². The van der Waals surface area contributed by atoms with Crippen molar-refractivity contribution in [1.82, 2.24) is 5.32 Å². The first-order chi connectivity index (χ1) is 8.34. The molecule has 0 radical (unpaired) electrons. The van der Waals surface area contributed by atoms with Crippen molar-refractivity contribution < 1.29 is 4.74 Å². The number of fused-ring (bicyclic) bond motifs is 1. The molecular formula is C16H25NO. The average molecular weight is 247 g/mol.